The Morgan fingerprint density at radius 3 is 2.40 bits per heavy atom. The molecule has 11 heteroatoms. The molecule has 4 rings (SSSR count). The number of amides is 1. The lowest BCUT2D eigenvalue weighted by Gasteiger charge is -2.18. The number of carbonyl (C=O) groups is 1. The predicted molar refractivity (Wildman–Crippen MR) is 119 cm³/mol. The van der Waals surface area contributed by atoms with E-state index < -0.39 is 35.0 Å². The van der Waals surface area contributed by atoms with Crippen LogP contribution in [0.4, 0.5) is 22.4 Å². The number of nitrogens with zero attached hydrogens (tertiary/aromatic N) is 3. The Morgan fingerprint density at radius 1 is 1.03 bits per heavy atom. The van der Waals surface area contributed by atoms with Crippen LogP contribution in [-0.4, -0.2) is 27.5 Å². The number of hydrogen-bond donors (Lipinski definition) is 1. The molecule has 180 valence electrons. The molecule has 0 fully saturated rings. The lowest BCUT2D eigenvalue weighted by molar-refractivity contribution is -0.137. The van der Waals surface area contributed by atoms with Gasteiger partial charge in [0.05, 0.1) is 23.1 Å². The van der Waals surface area contributed by atoms with Crippen LogP contribution in [0.2, 0.25) is 0 Å². The summed E-state index contributed by atoms with van der Waals surface area (Å²) < 4.78 is 61.1. The highest BCUT2D eigenvalue weighted by molar-refractivity contribution is 5.72. The van der Waals surface area contributed by atoms with Gasteiger partial charge in [-0.25, -0.2) is 13.9 Å². The Kier molecular flexibility index (Phi) is 6.16. The van der Waals surface area contributed by atoms with Crippen molar-refractivity contribution in [3.63, 3.8) is 0 Å². The summed E-state index contributed by atoms with van der Waals surface area (Å²) in [7, 11) is 1.30. The maximum atomic E-state index is 13.4. The number of ether oxygens (including phenoxy) is 1. The lowest BCUT2D eigenvalue weighted by atomic mass is 10.1. The first kappa shape index (κ1) is 23.7. The van der Waals surface area contributed by atoms with E-state index in [1.807, 2.05) is 0 Å². The molecule has 4 aromatic rings. The summed E-state index contributed by atoms with van der Waals surface area (Å²) in [5.41, 5.74) is -0.309. The summed E-state index contributed by atoms with van der Waals surface area (Å²) in [6.45, 7) is 1.54. The monoisotopic (exact) mass is 486 g/mol. The topological polar surface area (TPSA) is 78.2 Å². The van der Waals surface area contributed by atoms with Crippen molar-refractivity contribution in [2.24, 2.45) is 0 Å². The smallest absolute Gasteiger partial charge is 0.404 e. The normalized spacial score (nSPS) is 11.4. The van der Waals surface area contributed by atoms with Gasteiger partial charge in [-0.3, -0.25) is 9.36 Å². The van der Waals surface area contributed by atoms with E-state index in [1.165, 1.54) is 60.4 Å². The molecule has 1 amide bonds. The molecule has 7 nitrogen and oxygen atoms in total. The van der Waals surface area contributed by atoms with Crippen LogP contribution in [-0.2, 0) is 6.18 Å². The highest BCUT2D eigenvalue weighted by Crippen LogP contribution is 2.32. The van der Waals surface area contributed by atoms with E-state index in [0.29, 0.717) is 16.9 Å². The molecule has 0 atom stereocenters. The molecular weight excluding hydrogens is 468 g/mol. The number of aromatic nitrogens is 3. The summed E-state index contributed by atoms with van der Waals surface area (Å²) in [5.74, 6) is -0.854. The minimum atomic E-state index is -4.63. The molecule has 0 aliphatic carbocycles. The summed E-state index contributed by atoms with van der Waals surface area (Å²) in [5, 5.41) is 6.48. The van der Waals surface area contributed by atoms with Crippen molar-refractivity contribution in [1.29, 1.82) is 0 Å². The van der Waals surface area contributed by atoms with E-state index >= 15 is 0 Å². The first-order valence-electron chi connectivity index (χ1n) is 10.2. The molecular formula is C24H18F4N4O3. The second-order valence-electron chi connectivity index (χ2n) is 7.44. The molecule has 2 aromatic carbocycles. The standard InChI is InChI=1S/C24H18F4N4O3/c1-14-19(20-10-11-30-32(20)17-8-6-16(25)7-9-17)13-21(35-23(34)29-2)22(33)31(14)18-5-3-4-15(12-18)24(26,27)28/h3-13H,1-2H3,(H,29,34). The van der Waals surface area contributed by atoms with Crippen molar-refractivity contribution >= 4 is 6.09 Å². The summed E-state index contributed by atoms with van der Waals surface area (Å²) in [4.78, 5) is 25.1. The van der Waals surface area contributed by atoms with Gasteiger partial charge in [-0.1, -0.05) is 6.07 Å². The number of halogens is 4. The van der Waals surface area contributed by atoms with Crippen LogP contribution < -0.4 is 15.6 Å². The van der Waals surface area contributed by atoms with Gasteiger partial charge in [0.1, 0.15) is 5.82 Å². The van der Waals surface area contributed by atoms with Gasteiger partial charge in [0.25, 0.3) is 5.56 Å². The van der Waals surface area contributed by atoms with Crippen molar-refractivity contribution in [1.82, 2.24) is 19.7 Å². The molecule has 2 aromatic heterocycles. The van der Waals surface area contributed by atoms with Crippen LogP contribution >= 0.6 is 0 Å². The number of rotatable bonds is 4. The molecule has 0 spiro atoms. The second-order valence-corrected chi connectivity index (χ2v) is 7.44. The Labute approximate surface area is 196 Å². The lowest BCUT2D eigenvalue weighted by Crippen LogP contribution is -2.29. The van der Waals surface area contributed by atoms with E-state index in [-0.39, 0.29) is 11.4 Å². The number of benzene rings is 2. The highest BCUT2D eigenvalue weighted by Gasteiger charge is 2.31. The molecule has 2 heterocycles. The SMILES string of the molecule is CNC(=O)Oc1cc(-c2ccnn2-c2ccc(F)cc2)c(C)n(-c2cccc(C(F)(F)F)c2)c1=O. The van der Waals surface area contributed by atoms with Crippen LogP contribution in [0.3, 0.4) is 0 Å². The largest absolute Gasteiger partial charge is 0.416 e. The summed E-state index contributed by atoms with van der Waals surface area (Å²) in [6, 6.07) is 12.6. The summed E-state index contributed by atoms with van der Waals surface area (Å²) >= 11 is 0. The van der Waals surface area contributed by atoms with E-state index in [0.717, 1.165) is 16.7 Å². The number of pyridine rings is 1. The fraction of sp³-hybridized carbons (Fsp3) is 0.125. The Hall–Kier alpha value is -4.41. The van der Waals surface area contributed by atoms with Gasteiger partial charge >= 0.3 is 12.3 Å². The number of hydrogen-bond acceptors (Lipinski definition) is 4. The third-order valence-electron chi connectivity index (χ3n) is 5.24. The molecule has 0 unspecified atom stereocenters. The van der Waals surface area contributed by atoms with Gasteiger partial charge in [-0.2, -0.15) is 18.3 Å². The zero-order chi connectivity index (χ0) is 25.3. The molecule has 0 saturated heterocycles. The second kappa shape index (κ2) is 9.09. The zero-order valence-corrected chi connectivity index (χ0v) is 18.4. The maximum absolute atomic E-state index is 13.4. The van der Waals surface area contributed by atoms with E-state index in [4.69, 9.17) is 4.74 Å². The Bertz CT molecular complexity index is 1460. The van der Waals surface area contributed by atoms with Crippen molar-refractivity contribution < 1.29 is 27.1 Å². The molecule has 0 saturated carbocycles. The molecule has 1 N–H and O–H groups in total. The number of nitrogens with one attached hydrogen (secondary N) is 1. The fourth-order valence-corrected chi connectivity index (χ4v) is 3.59. The minimum Gasteiger partial charge on any atom is -0.404 e. The number of carbonyl (C=O) groups excluding carboxylic acids is 1. The fourth-order valence-electron chi connectivity index (χ4n) is 3.59. The van der Waals surface area contributed by atoms with Crippen LogP contribution in [0.25, 0.3) is 22.6 Å². The average Bonchev–Trinajstić information content (AvgIpc) is 3.30. The van der Waals surface area contributed by atoms with Crippen molar-refractivity contribution in [3.8, 4) is 28.4 Å². The van der Waals surface area contributed by atoms with Crippen molar-refractivity contribution in [3.05, 3.63) is 94.3 Å². The third-order valence-corrected chi connectivity index (χ3v) is 5.24. The van der Waals surface area contributed by atoms with Gasteiger partial charge in [0, 0.05) is 24.0 Å². The highest BCUT2D eigenvalue weighted by atomic mass is 19.4. The van der Waals surface area contributed by atoms with E-state index in [9.17, 15) is 27.2 Å². The zero-order valence-electron chi connectivity index (χ0n) is 18.4. The Balaban J connectivity index is 1.98. The maximum Gasteiger partial charge on any atom is 0.416 e. The average molecular weight is 486 g/mol. The van der Waals surface area contributed by atoms with Crippen LogP contribution in [0.1, 0.15) is 11.3 Å². The van der Waals surface area contributed by atoms with E-state index in [1.54, 1.807) is 13.0 Å². The van der Waals surface area contributed by atoms with Crippen LogP contribution in [0.15, 0.2) is 71.7 Å². The first-order chi connectivity index (χ1) is 16.6. The molecule has 0 aliphatic rings. The van der Waals surface area contributed by atoms with Crippen LogP contribution in [0, 0.1) is 12.7 Å². The van der Waals surface area contributed by atoms with Crippen LogP contribution in [0.5, 0.6) is 5.75 Å². The van der Waals surface area contributed by atoms with Gasteiger partial charge < -0.3 is 10.1 Å². The third kappa shape index (κ3) is 4.65. The predicted octanol–water partition coefficient (Wildman–Crippen LogP) is 4.87. The minimum absolute atomic E-state index is 0.0706. The molecule has 0 radical (unpaired) electrons. The summed E-state index contributed by atoms with van der Waals surface area (Å²) in [6.07, 6.45) is -4.09. The quantitative estimate of drug-likeness (QED) is 0.418. The van der Waals surface area contributed by atoms with Crippen molar-refractivity contribution in [2.75, 3.05) is 7.05 Å². The van der Waals surface area contributed by atoms with Gasteiger partial charge in [0.15, 0.2) is 5.75 Å². The number of alkyl halides is 3. The Morgan fingerprint density at radius 2 is 1.74 bits per heavy atom. The first-order valence-corrected chi connectivity index (χ1v) is 10.2. The van der Waals surface area contributed by atoms with E-state index in [2.05, 4.69) is 10.4 Å². The van der Waals surface area contributed by atoms with Gasteiger partial charge in [-0.05, 0) is 61.5 Å². The van der Waals surface area contributed by atoms with Gasteiger partial charge in [-0.15, -0.1) is 0 Å². The molecule has 0 bridgehead atoms. The molecule has 35 heavy (non-hydrogen) atoms. The molecule has 0 aliphatic heterocycles. The van der Waals surface area contributed by atoms with Crippen molar-refractivity contribution in [2.45, 2.75) is 13.1 Å². The van der Waals surface area contributed by atoms with Gasteiger partial charge in [0.2, 0.25) is 0 Å².